The Morgan fingerprint density at radius 3 is 2.38 bits per heavy atom. The van der Waals surface area contributed by atoms with Gasteiger partial charge in [0.15, 0.2) is 0 Å². The van der Waals surface area contributed by atoms with Gasteiger partial charge in [0, 0.05) is 18.6 Å². The zero-order valence-corrected chi connectivity index (χ0v) is 10.6. The zero-order valence-electron chi connectivity index (χ0n) is 10.6. The summed E-state index contributed by atoms with van der Waals surface area (Å²) in [6.07, 6.45) is 1.04. The predicted octanol–water partition coefficient (Wildman–Crippen LogP) is 2.15. The van der Waals surface area contributed by atoms with E-state index in [0.717, 1.165) is 19.5 Å². The maximum Gasteiger partial charge on any atom is 0.0494 e. The number of hydrogen-bond donors (Lipinski definition) is 2. The van der Waals surface area contributed by atoms with Crippen LogP contribution in [0.1, 0.15) is 25.0 Å². The van der Waals surface area contributed by atoms with E-state index in [2.05, 4.69) is 50.4 Å². The van der Waals surface area contributed by atoms with Crippen molar-refractivity contribution in [1.82, 2.24) is 5.32 Å². The second-order valence-electron chi connectivity index (χ2n) is 5.23. The first kappa shape index (κ1) is 13.2. The number of benzene rings is 1. The summed E-state index contributed by atoms with van der Waals surface area (Å²) in [6.45, 7) is 8.27. The number of rotatable bonds is 6. The standard InChI is InChI=1S/C14H23NO/c1-12-4-6-13(7-5-12)8-9-15-10-14(2,3)11-16/h4-7,15-16H,8-11H2,1-3H3. The normalized spacial score (nSPS) is 11.8. The van der Waals surface area contributed by atoms with Gasteiger partial charge in [-0.1, -0.05) is 43.7 Å². The van der Waals surface area contributed by atoms with Crippen molar-refractivity contribution in [3.05, 3.63) is 35.4 Å². The molecule has 0 heterocycles. The fraction of sp³-hybridized carbons (Fsp3) is 0.571. The Kier molecular flexibility index (Phi) is 4.97. The van der Waals surface area contributed by atoms with Crippen molar-refractivity contribution in [2.24, 2.45) is 5.41 Å². The quantitative estimate of drug-likeness (QED) is 0.721. The van der Waals surface area contributed by atoms with Crippen molar-refractivity contribution >= 4 is 0 Å². The van der Waals surface area contributed by atoms with Crippen molar-refractivity contribution in [3.63, 3.8) is 0 Å². The highest BCUT2D eigenvalue weighted by molar-refractivity contribution is 5.21. The fourth-order valence-electron chi connectivity index (χ4n) is 1.47. The lowest BCUT2D eigenvalue weighted by Crippen LogP contribution is -2.33. The zero-order chi connectivity index (χ0) is 12.0. The molecule has 0 fully saturated rings. The van der Waals surface area contributed by atoms with E-state index in [1.165, 1.54) is 11.1 Å². The monoisotopic (exact) mass is 221 g/mol. The Labute approximate surface area is 98.7 Å². The molecule has 2 N–H and O–H groups in total. The van der Waals surface area contributed by atoms with Crippen LogP contribution in [0.25, 0.3) is 0 Å². The Morgan fingerprint density at radius 1 is 1.19 bits per heavy atom. The summed E-state index contributed by atoms with van der Waals surface area (Å²) >= 11 is 0. The molecule has 0 saturated carbocycles. The van der Waals surface area contributed by atoms with Crippen LogP contribution in [0.5, 0.6) is 0 Å². The first-order chi connectivity index (χ1) is 7.53. The number of hydrogen-bond acceptors (Lipinski definition) is 2. The number of aliphatic hydroxyl groups is 1. The number of nitrogens with one attached hydrogen (secondary N) is 1. The molecule has 2 heteroatoms. The van der Waals surface area contributed by atoms with Gasteiger partial charge in [-0.25, -0.2) is 0 Å². The van der Waals surface area contributed by atoms with Crippen molar-refractivity contribution in [2.75, 3.05) is 19.7 Å². The van der Waals surface area contributed by atoms with Crippen LogP contribution >= 0.6 is 0 Å². The molecule has 1 aromatic carbocycles. The molecule has 0 saturated heterocycles. The van der Waals surface area contributed by atoms with Gasteiger partial charge in [-0.3, -0.25) is 0 Å². The first-order valence-electron chi connectivity index (χ1n) is 5.91. The third-order valence-corrected chi connectivity index (χ3v) is 2.74. The minimum absolute atomic E-state index is 0.0206. The van der Waals surface area contributed by atoms with Crippen molar-refractivity contribution in [2.45, 2.75) is 27.2 Å². The van der Waals surface area contributed by atoms with E-state index >= 15 is 0 Å². The molecule has 0 spiro atoms. The summed E-state index contributed by atoms with van der Waals surface area (Å²) in [4.78, 5) is 0. The summed E-state index contributed by atoms with van der Waals surface area (Å²) in [7, 11) is 0. The summed E-state index contributed by atoms with van der Waals surface area (Å²) in [6, 6.07) is 8.64. The van der Waals surface area contributed by atoms with Gasteiger partial charge in [0.2, 0.25) is 0 Å². The maximum atomic E-state index is 9.10. The van der Waals surface area contributed by atoms with Crippen LogP contribution in [0.15, 0.2) is 24.3 Å². The largest absolute Gasteiger partial charge is 0.396 e. The van der Waals surface area contributed by atoms with Crippen LogP contribution in [0.3, 0.4) is 0 Å². The van der Waals surface area contributed by atoms with Crippen molar-refractivity contribution in [1.29, 1.82) is 0 Å². The molecular formula is C14H23NO. The van der Waals surface area contributed by atoms with E-state index in [0.29, 0.717) is 0 Å². The third-order valence-electron chi connectivity index (χ3n) is 2.74. The van der Waals surface area contributed by atoms with Gasteiger partial charge in [0.05, 0.1) is 0 Å². The molecule has 0 aliphatic carbocycles. The molecule has 0 atom stereocenters. The Hall–Kier alpha value is -0.860. The molecule has 0 aromatic heterocycles. The maximum absolute atomic E-state index is 9.10. The fourth-order valence-corrected chi connectivity index (χ4v) is 1.47. The van der Waals surface area contributed by atoms with Crippen LogP contribution < -0.4 is 5.32 Å². The highest BCUT2D eigenvalue weighted by atomic mass is 16.3. The van der Waals surface area contributed by atoms with Crippen LogP contribution in [-0.2, 0) is 6.42 Å². The number of aliphatic hydroxyl groups excluding tert-OH is 1. The molecule has 1 rings (SSSR count). The molecule has 0 bridgehead atoms. The van der Waals surface area contributed by atoms with E-state index < -0.39 is 0 Å². The molecule has 0 aliphatic rings. The summed E-state index contributed by atoms with van der Waals surface area (Å²) in [5.41, 5.74) is 2.64. The van der Waals surface area contributed by atoms with Crippen LogP contribution in [0.2, 0.25) is 0 Å². The van der Waals surface area contributed by atoms with E-state index in [9.17, 15) is 0 Å². The highest BCUT2D eigenvalue weighted by Gasteiger charge is 2.14. The molecule has 16 heavy (non-hydrogen) atoms. The van der Waals surface area contributed by atoms with E-state index in [-0.39, 0.29) is 12.0 Å². The predicted molar refractivity (Wildman–Crippen MR) is 68.6 cm³/mol. The summed E-state index contributed by atoms with van der Waals surface area (Å²) in [5, 5.41) is 12.5. The van der Waals surface area contributed by atoms with E-state index in [4.69, 9.17) is 5.11 Å². The topological polar surface area (TPSA) is 32.3 Å². The van der Waals surface area contributed by atoms with Gasteiger partial charge in [-0.2, -0.15) is 0 Å². The first-order valence-corrected chi connectivity index (χ1v) is 5.91. The van der Waals surface area contributed by atoms with Gasteiger partial charge in [0.1, 0.15) is 0 Å². The van der Waals surface area contributed by atoms with E-state index in [1.807, 2.05) is 0 Å². The summed E-state index contributed by atoms with van der Waals surface area (Å²) < 4.78 is 0. The van der Waals surface area contributed by atoms with Crippen molar-refractivity contribution in [3.8, 4) is 0 Å². The average Bonchev–Trinajstić information content (AvgIpc) is 2.27. The van der Waals surface area contributed by atoms with Crippen LogP contribution in [0.4, 0.5) is 0 Å². The van der Waals surface area contributed by atoms with Crippen LogP contribution in [0, 0.1) is 12.3 Å². The minimum atomic E-state index is -0.0206. The molecule has 0 unspecified atom stereocenters. The van der Waals surface area contributed by atoms with Gasteiger partial charge in [-0.05, 0) is 25.5 Å². The highest BCUT2D eigenvalue weighted by Crippen LogP contribution is 2.11. The lowest BCUT2D eigenvalue weighted by Gasteiger charge is -2.21. The molecule has 0 radical (unpaired) electrons. The smallest absolute Gasteiger partial charge is 0.0494 e. The molecule has 0 aliphatic heterocycles. The number of aryl methyl sites for hydroxylation is 1. The van der Waals surface area contributed by atoms with Crippen molar-refractivity contribution < 1.29 is 5.11 Å². The van der Waals surface area contributed by atoms with Gasteiger partial charge in [0.25, 0.3) is 0 Å². The summed E-state index contributed by atoms with van der Waals surface area (Å²) in [5.74, 6) is 0. The molecular weight excluding hydrogens is 198 g/mol. The second-order valence-corrected chi connectivity index (χ2v) is 5.23. The lowest BCUT2D eigenvalue weighted by atomic mass is 9.95. The molecule has 0 amide bonds. The molecule has 2 nitrogen and oxygen atoms in total. The Bertz CT molecular complexity index is 303. The van der Waals surface area contributed by atoms with Gasteiger partial charge >= 0.3 is 0 Å². The molecule has 90 valence electrons. The average molecular weight is 221 g/mol. The Balaban J connectivity index is 2.23. The van der Waals surface area contributed by atoms with E-state index in [1.54, 1.807) is 0 Å². The van der Waals surface area contributed by atoms with Gasteiger partial charge < -0.3 is 10.4 Å². The van der Waals surface area contributed by atoms with Gasteiger partial charge in [-0.15, -0.1) is 0 Å². The Morgan fingerprint density at radius 2 is 1.81 bits per heavy atom. The molecule has 1 aromatic rings. The minimum Gasteiger partial charge on any atom is -0.396 e. The SMILES string of the molecule is Cc1ccc(CCNCC(C)(C)CO)cc1. The van der Waals surface area contributed by atoms with Crippen LogP contribution in [-0.4, -0.2) is 24.8 Å². The lowest BCUT2D eigenvalue weighted by molar-refractivity contribution is 0.157. The third kappa shape index (κ3) is 4.77. The second kappa shape index (κ2) is 6.02.